The summed E-state index contributed by atoms with van der Waals surface area (Å²) in [4.78, 5) is 0. The first-order valence-electron chi connectivity index (χ1n) is 6.25. The van der Waals surface area contributed by atoms with Gasteiger partial charge in [0.05, 0.1) is 18.6 Å². The molecule has 1 heterocycles. The maximum atomic E-state index is 5.73. The van der Waals surface area contributed by atoms with Gasteiger partial charge in [-0.05, 0) is 27.2 Å². The molecule has 4 heteroatoms. The maximum absolute atomic E-state index is 5.73. The summed E-state index contributed by atoms with van der Waals surface area (Å²) in [7, 11) is 0. The van der Waals surface area contributed by atoms with Gasteiger partial charge in [-0.15, -0.1) is 0 Å². The Labute approximate surface area is 98.2 Å². The van der Waals surface area contributed by atoms with Crippen molar-refractivity contribution in [2.45, 2.75) is 39.6 Å². The van der Waals surface area contributed by atoms with Crippen molar-refractivity contribution in [2.24, 2.45) is 5.92 Å². The van der Waals surface area contributed by atoms with E-state index in [0.717, 1.165) is 19.6 Å². The lowest BCUT2D eigenvalue weighted by Crippen LogP contribution is -2.44. The van der Waals surface area contributed by atoms with Gasteiger partial charge in [-0.25, -0.2) is 0 Å². The summed E-state index contributed by atoms with van der Waals surface area (Å²) in [6, 6.07) is 0. The number of hydrogen-bond donors (Lipinski definition) is 0. The summed E-state index contributed by atoms with van der Waals surface area (Å²) in [6.45, 7) is 9.44. The van der Waals surface area contributed by atoms with Gasteiger partial charge < -0.3 is 18.9 Å². The minimum atomic E-state index is -0.202. The van der Waals surface area contributed by atoms with E-state index in [0.29, 0.717) is 19.8 Å². The topological polar surface area (TPSA) is 36.9 Å². The van der Waals surface area contributed by atoms with Crippen LogP contribution in [0.4, 0.5) is 0 Å². The molecule has 1 aliphatic heterocycles. The molecule has 2 atom stereocenters. The molecule has 1 rings (SSSR count). The molecular formula is C12H24O4. The Kier molecular flexibility index (Phi) is 6.96. The molecule has 0 radical (unpaired) electrons. The average Bonchev–Trinajstić information content (AvgIpc) is 2.30. The molecule has 1 saturated heterocycles. The fourth-order valence-corrected chi connectivity index (χ4v) is 2.04. The highest BCUT2D eigenvalue weighted by Crippen LogP contribution is 2.24. The van der Waals surface area contributed by atoms with Crippen molar-refractivity contribution >= 4 is 0 Å². The van der Waals surface area contributed by atoms with Gasteiger partial charge in [0.15, 0.2) is 6.29 Å². The lowest BCUT2D eigenvalue weighted by Gasteiger charge is -2.35. The second-order valence-corrected chi connectivity index (χ2v) is 3.80. The first kappa shape index (κ1) is 13.9. The van der Waals surface area contributed by atoms with E-state index in [2.05, 4.69) is 0 Å². The zero-order chi connectivity index (χ0) is 11.8. The zero-order valence-corrected chi connectivity index (χ0v) is 10.6. The van der Waals surface area contributed by atoms with Crippen molar-refractivity contribution < 1.29 is 18.9 Å². The fraction of sp³-hybridized carbons (Fsp3) is 1.00. The van der Waals surface area contributed by atoms with Crippen molar-refractivity contribution in [3.8, 4) is 0 Å². The molecule has 16 heavy (non-hydrogen) atoms. The molecule has 4 nitrogen and oxygen atoms in total. The molecule has 0 aromatic carbocycles. The van der Waals surface area contributed by atoms with Crippen LogP contribution < -0.4 is 0 Å². The summed E-state index contributed by atoms with van der Waals surface area (Å²) in [5.74, 6) is 0.189. The largest absolute Gasteiger partial charge is 0.381 e. The first-order valence-corrected chi connectivity index (χ1v) is 6.25. The molecular weight excluding hydrogens is 208 g/mol. The van der Waals surface area contributed by atoms with E-state index < -0.39 is 0 Å². The molecule has 0 aliphatic carbocycles. The summed E-state index contributed by atoms with van der Waals surface area (Å²) in [5.41, 5.74) is 0. The van der Waals surface area contributed by atoms with E-state index in [1.54, 1.807) is 0 Å². The molecule has 0 spiro atoms. The molecule has 1 fully saturated rings. The molecule has 0 N–H and O–H groups in total. The Hall–Kier alpha value is -0.160. The number of rotatable bonds is 7. The summed E-state index contributed by atoms with van der Waals surface area (Å²) in [5, 5.41) is 0. The summed E-state index contributed by atoms with van der Waals surface area (Å²) < 4.78 is 22.5. The smallest absolute Gasteiger partial charge is 0.165 e. The van der Waals surface area contributed by atoms with E-state index in [4.69, 9.17) is 18.9 Å². The molecule has 0 bridgehead atoms. The highest BCUT2D eigenvalue weighted by molar-refractivity contribution is 4.77. The Bertz CT molecular complexity index is 166. The minimum absolute atomic E-state index is 0.189. The van der Waals surface area contributed by atoms with Crippen LogP contribution in [0.25, 0.3) is 0 Å². The maximum Gasteiger partial charge on any atom is 0.165 e. The van der Waals surface area contributed by atoms with Crippen LogP contribution in [0.15, 0.2) is 0 Å². The van der Waals surface area contributed by atoms with Crippen LogP contribution in [0.5, 0.6) is 0 Å². The normalized spacial score (nSPS) is 26.2. The van der Waals surface area contributed by atoms with Crippen LogP contribution in [0, 0.1) is 5.92 Å². The highest BCUT2D eigenvalue weighted by atomic mass is 16.7. The van der Waals surface area contributed by atoms with E-state index in [1.807, 2.05) is 20.8 Å². The zero-order valence-electron chi connectivity index (χ0n) is 10.6. The standard InChI is InChI=1S/C12H24O4/c1-4-14-11-7-8-13-9-10(11)12(15-5-2)16-6-3/h10-12H,4-9H2,1-3H3. The van der Waals surface area contributed by atoms with Gasteiger partial charge >= 0.3 is 0 Å². The van der Waals surface area contributed by atoms with Gasteiger partial charge in [-0.1, -0.05) is 0 Å². The lowest BCUT2D eigenvalue weighted by molar-refractivity contribution is -0.217. The third-order valence-corrected chi connectivity index (χ3v) is 2.73. The third-order valence-electron chi connectivity index (χ3n) is 2.73. The van der Waals surface area contributed by atoms with Gasteiger partial charge in [0.25, 0.3) is 0 Å². The van der Waals surface area contributed by atoms with Crippen molar-refractivity contribution in [1.29, 1.82) is 0 Å². The van der Waals surface area contributed by atoms with Gasteiger partial charge in [0.2, 0.25) is 0 Å². The Balaban J connectivity index is 2.54. The number of ether oxygens (including phenoxy) is 4. The van der Waals surface area contributed by atoms with Crippen LogP contribution in [-0.4, -0.2) is 45.4 Å². The predicted molar refractivity (Wildman–Crippen MR) is 61.4 cm³/mol. The van der Waals surface area contributed by atoms with E-state index in [-0.39, 0.29) is 18.3 Å². The van der Waals surface area contributed by atoms with Crippen molar-refractivity contribution in [3.63, 3.8) is 0 Å². The molecule has 96 valence electrons. The third kappa shape index (κ3) is 4.01. The monoisotopic (exact) mass is 232 g/mol. The van der Waals surface area contributed by atoms with Crippen LogP contribution >= 0.6 is 0 Å². The van der Waals surface area contributed by atoms with Gasteiger partial charge in [-0.2, -0.15) is 0 Å². The van der Waals surface area contributed by atoms with E-state index in [1.165, 1.54) is 0 Å². The minimum Gasteiger partial charge on any atom is -0.381 e. The molecule has 0 aromatic rings. The van der Waals surface area contributed by atoms with Gasteiger partial charge in [0, 0.05) is 26.4 Å². The van der Waals surface area contributed by atoms with Crippen LogP contribution in [-0.2, 0) is 18.9 Å². The highest BCUT2D eigenvalue weighted by Gasteiger charge is 2.34. The fourth-order valence-electron chi connectivity index (χ4n) is 2.04. The Morgan fingerprint density at radius 2 is 1.81 bits per heavy atom. The lowest BCUT2D eigenvalue weighted by atomic mass is 9.97. The Morgan fingerprint density at radius 1 is 1.12 bits per heavy atom. The predicted octanol–water partition coefficient (Wildman–Crippen LogP) is 1.83. The molecule has 0 saturated carbocycles. The SMILES string of the molecule is CCOC1CCOCC1C(OCC)OCC. The van der Waals surface area contributed by atoms with E-state index >= 15 is 0 Å². The van der Waals surface area contributed by atoms with Crippen LogP contribution in [0.2, 0.25) is 0 Å². The van der Waals surface area contributed by atoms with Gasteiger partial charge in [-0.3, -0.25) is 0 Å². The molecule has 2 unspecified atom stereocenters. The van der Waals surface area contributed by atoms with Crippen molar-refractivity contribution in [1.82, 2.24) is 0 Å². The second kappa shape index (κ2) is 8.01. The molecule has 1 aliphatic rings. The average molecular weight is 232 g/mol. The summed E-state index contributed by atoms with van der Waals surface area (Å²) >= 11 is 0. The summed E-state index contributed by atoms with van der Waals surface area (Å²) in [6.07, 6.45) is 0.920. The molecule has 0 aromatic heterocycles. The van der Waals surface area contributed by atoms with Crippen molar-refractivity contribution in [3.05, 3.63) is 0 Å². The quantitative estimate of drug-likeness (QED) is 0.627. The Morgan fingerprint density at radius 3 is 2.38 bits per heavy atom. The van der Waals surface area contributed by atoms with Gasteiger partial charge in [0.1, 0.15) is 0 Å². The van der Waals surface area contributed by atoms with Crippen LogP contribution in [0.3, 0.4) is 0 Å². The number of hydrogen-bond acceptors (Lipinski definition) is 4. The molecule has 0 amide bonds. The second-order valence-electron chi connectivity index (χ2n) is 3.80. The van der Waals surface area contributed by atoms with E-state index in [9.17, 15) is 0 Å². The van der Waals surface area contributed by atoms with Crippen molar-refractivity contribution in [2.75, 3.05) is 33.0 Å². The first-order chi connectivity index (χ1) is 7.83. The van der Waals surface area contributed by atoms with Crippen LogP contribution in [0.1, 0.15) is 27.2 Å².